The minimum Gasteiger partial charge on any atom is -0.366 e. The summed E-state index contributed by atoms with van der Waals surface area (Å²) < 4.78 is 50.7. The van der Waals surface area contributed by atoms with Gasteiger partial charge in [0.1, 0.15) is 0 Å². The summed E-state index contributed by atoms with van der Waals surface area (Å²) in [7, 11) is -7.94. The van der Waals surface area contributed by atoms with E-state index >= 15 is 0 Å². The van der Waals surface area contributed by atoms with Crippen LogP contribution in [0.25, 0.3) is 0 Å². The van der Waals surface area contributed by atoms with Crippen molar-refractivity contribution in [2.45, 2.75) is 11.3 Å². The number of sulfonamides is 2. The molecule has 1 heterocycles. The van der Waals surface area contributed by atoms with Gasteiger partial charge in [0.2, 0.25) is 21.9 Å². The Balaban J connectivity index is 0.000000617. The molecule has 3 aromatic rings. The maximum absolute atomic E-state index is 12.9. The molecule has 0 saturated heterocycles. The average Bonchev–Trinajstić information content (AvgIpc) is 3.39. The molecule has 0 unspecified atom stereocenters. The van der Waals surface area contributed by atoms with E-state index in [1.54, 1.807) is 24.3 Å². The summed E-state index contributed by atoms with van der Waals surface area (Å²) in [4.78, 5) is 15.2. The second kappa shape index (κ2) is 13.3. The van der Waals surface area contributed by atoms with Gasteiger partial charge in [0, 0.05) is 17.0 Å². The maximum atomic E-state index is 12.9. The van der Waals surface area contributed by atoms with E-state index in [1.807, 2.05) is 36.4 Å². The number of nitrogens with zero attached hydrogens (tertiary/aromatic N) is 3. The van der Waals surface area contributed by atoms with Crippen molar-refractivity contribution in [2.24, 2.45) is 21.0 Å². The number of aliphatic imine (C=N–C) groups is 1. The van der Waals surface area contributed by atoms with Gasteiger partial charge in [0.25, 0.3) is 10.0 Å². The highest BCUT2D eigenvalue weighted by Crippen LogP contribution is 2.18. The number of hydrogen-bond acceptors (Lipinski definition) is 7. The van der Waals surface area contributed by atoms with Gasteiger partial charge in [-0.05, 0) is 42.0 Å². The fourth-order valence-corrected chi connectivity index (χ4v) is 4.76. The van der Waals surface area contributed by atoms with Crippen LogP contribution in [-0.2, 0) is 20.0 Å². The number of primary amides is 1. The molecule has 5 N–H and O–H groups in total. The van der Waals surface area contributed by atoms with E-state index in [0.717, 1.165) is 5.56 Å². The smallest absolute Gasteiger partial charge is 0.264 e. The normalized spacial score (nSPS) is 13.7. The number of halogens is 1. The van der Waals surface area contributed by atoms with E-state index in [0.29, 0.717) is 23.7 Å². The zero-order valence-corrected chi connectivity index (χ0v) is 23.0. The highest BCUT2D eigenvalue weighted by molar-refractivity contribution is 7.90. The molecule has 0 bridgehead atoms. The van der Waals surface area contributed by atoms with Crippen LogP contribution in [0.5, 0.6) is 0 Å². The molecule has 14 heteroatoms. The zero-order chi connectivity index (χ0) is 28.5. The number of guanidine groups is 1. The van der Waals surface area contributed by atoms with Crippen LogP contribution >= 0.6 is 11.6 Å². The molecule has 3 aromatic carbocycles. The average molecular weight is 591 g/mol. The summed E-state index contributed by atoms with van der Waals surface area (Å²) >= 11 is 5.92. The Labute approximate surface area is 232 Å². The molecule has 0 fully saturated rings. The molecule has 0 radical (unpaired) electrons. The largest absolute Gasteiger partial charge is 0.366 e. The SMILES string of the molecule is NC(=O)c1ccc(S(=O)(=O)NC(=NCCS(N)(=O)=O)N2CCC(c3ccc(Cl)cc3)=N2)cc1.c1ccccc1. The van der Waals surface area contributed by atoms with Gasteiger partial charge in [-0.3, -0.25) is 4.79 Å². The number of amides is 1. The number of hydrogen-bond donors (Lipinski definition) is 3. The van der Waals surface area contributed by atoms with Crippen molar-refractivity contribution in [1.82, 2.24) is 9.73 Å². The van der Waals surface area contributed by atoms with Crippen LogP contribution in [0.2, 0.25) is 5.02 Å². The van der Waals surface area contributed by atoms with Gasteiger partial charge in [-0.25, -0.2) is 36.7 Å². The molecule has 206 valence electrons. The topological polar surface area (TPSA) is 177 Å². The number of hydrazone groups is 1. The lowest BCUT2D eigenvalue weighted by molar-refractivity contribution is 0.1000. The van der Waals surface area contributed by atoms with E-state index in [2.05, 4.69) is 14.8 Å². The number of nitrogens with two attached hydrogens (primary N) is 2. The molecule has 11 nitrogen and oxygen atoms in total. The molecular weight excluding hydrogens is 564 g/mol. The predicted molar refractivity (Wildman–Crippen MR) is 151 cm³/mol. The summed E-state index contributed by atoms with van der Waals surface area (Å²) in [5.41, 5.74) is 6.81. The van der Waals surface area contributed by atoms with Gasteiger partial charge in [-0.2, -0.15) is 5.10 Å². The van der Waals surface area contributed by atoms with Crippen LogP contribution in [0, 0.1) is 0 Å². The lowest BCUT2D eigenvalue weighted by Gasteiger charge is -2.18. The number of rotatable bonds is 7. The number of carbonyl (C=O) groups excluding carboxylic acids is 1. The summed E-state index contributed by atoms with van der Waals surface area (Å²) in [5, 5.41) is 11.3. The highest BCUT2D eigenvalue weighted by atomic mass is 35.5. The first-order valence-electron chi connectivity index (χ1n) is 11.5. The van der Waals surface area contributed by atoms with Crippen molar-refractivity contribution < 1.29 is 21.6 Å². The molecule has 0 atom stereocenters. The number of benzene rings is 3. The van der Waals surface area contributed by atoms with Crippen LogP contribution < -0.4 is 15.6 Å². The van der Waals surface area contributed by atoms with Crippen molar-refractivity contribution in [3.05, 3.63) is 101 Å². The molecule has 0 aliphatic carbocycles. The van der Waals surface area contributed by atoms with Crippen molar-refractivity contribution in [1.29, 1.82) is 0 Å². The van der Waals surface area contributed by atoms with Gasteiger partial charge in [-0.1, -0.05) is 60.1 Å². The van der Waals surface area contributed by atoms with Gasteiger partial charge in [-0.15, -0.1) is 0 Å². The van der Waals surface area contributed by atoms with E-state index in [4.69, 9.17) is 22.5 Å². The molecule has 1 aliphatic heterocycles. The van der Waals surface area contributed by atoms with Crippen LogP contribution in [0.3, 0.4) is 0 Å². The predicted octanol–water partition coefficient (Wildman–Crippen LogP) is 2.16. The standard InChI is InChI=1S/C19H21ClN6O5S2.C6H6/c20-15-5-1-13(2-6-15)17-9-11-26(24-17)19(23-10-12-32(22,28)29)25-33(30,31)16-7-3-14(4-8-16)18(21)27;1-2-4-6-5-3-1/h1-8H,9-12H2,(H2,21,27)(H,23,25)(H2,22,28,29);1-6H. The van der Waals surface area contributed by atoms with Gasteiger partial charge < -0.3 is 5.73 Å². The Bertz CT molecular complexity index is 1520. The van der Waals surface area contributed by atoms with Crippen molar-refractivity contribution in [3.8, 4) is 0 Å². The third-order valence-corrected chi connectivity index (χ3v) is 7.55. The third-order valence-electron chi connectivity index (χ3n) is 5.20. The number of nitrogens with one attached hydrogen (secondary N) is 1. The van der Waals surface area contributed by atoms with Crippen molar-refractivity contribution in [3.63, 3.8) is 0 Å². The van der Waals surface area contributed by atoms with E-state index in [-0.39, 0.29) is 23.0 Å². The van der Waals surface area contributed by atoms with Crippen LogP contribution in [0.15, 0.2) is 99.9 Å². The number of primary sulfonamides is 1. The summed E-state index contributed by atoms with van der Waals surface area (Å²) in [6.07, 6.45) is 0.491. The first-order chi connectivity index (χ1) is 18.4. The molecular formula is C25H27ClN6O5S2. The fourth-order valence-electron chi connectivity index (χ4n) is 3.26. The summed E-state index contributed by atoms with van der Waals surface area (Å²) in [6, 6.07) is 24.0. The fraction of sp³-hybridized carbons (Fsp3) is 0.160. The first kappa shape index (κ1) is 29.8. The Kier molecular flexibility index (Phi) is 10.2. The van der Waals surface area contributed by atoms with Gasteiger partial charge in [0.05, 0.1) is 29.4 Å². The van der Waals surface area contributed by atoms with Gasteiger partial charge in [0.15, 0.2) is 0 Å². The van der Waals surface area contributed by atoms with Crippen molar-refractivity contribution >= 4 is 49.2 Å². The molecule has 0 spiro atoms. The van der Waals surface area contributed by atoms with E-state index in [9.17, 15) is 21.6 Å². The molecule has 1 aliphatic rings. The van der Waals surface area contributed by atoms with Crippen LogP contribution in [0.4, 0.5) is 0 Å². The molecule has 0 saturated carbocycles. The van der Waals surface area contributed by atoms with E-state index in [1.165, 1.54) is 29.3 Å². The second-order valence-corrected chi connectivity index (χ2v) is 12.0. The van der Waals surface area contributed by atoms with Crippen molar-refractivity contribution in [2.75, 3.05) is 18.8 Å². The zero-order valence-electron chi connectivity index (χ0n) is 20.6. The second-order valence-electron chi connectivity index (χ2n) is 8.15. The molecule has 39 heavy (non-hydrogen) atoms. The first-order valence-corrected chi connectivity index (χ1v) is 15.1. The lowest BCUT2D eigenvalue weighted by atomic mass is 10.1. The minimum atomic E-state index is -4.13. The summed E-state index contributed by atoms with van der Waals surface area (Å²) in [5.74, 6) is -1.34. The Morgan fingerprint density at radius 2 is 1.51 bits per heavy atom. The molecule has 4 rings (SSSR count). The third kappa shape index (κ3) is 9.48. The van der Waals surface area contributed by atoms with Crippen LogP contribution in [-0.4, -0.2) is 58.3 Å². The monoisotopic (exact) mass is 590 g/mol. The Morgan fingerprint density at radius 3 is 2.03 bits per heavy atom. The lowest BCUT2D eigenvalue weighted by Crippen LogP contribution is -2.41. The van der Waals surface area contributed by atoms with Gasteiger partial charge >= 0.3 is 0 Å². The Hall–Kier alpha value is -3.78. The quantitative estimate of drug-likeness (QED) is 0.280. The Morgan fingerprint density at radius 1 is 0.949 bits per heavy atom. The minimum absolute atomic E-state index is 0.146. The summed E-state index contributed by atoms with van der Waals surface area (Å²) in [6.45, 7) is 0.0227. The molecule has 1 amide bonds. The highest BCUT2D eigenvalue weighted by Gasteiger charge is 2.25. The van der Waals surface area contributed by atoms with Crippen LogP contribution in [0.1, 0.15) is 22.3 Å². The molecule has 0 aromatic heterocycles. The van der Waals surface area contributed by atoms with E-state index < -0.39 is 31.7 Å². The number of carbonyl (C=O) groups is 1. The maximum Gasteiger partial charge on any atom is 0.264 e.